The molecule has 0 radical (unpaired) electrons. The molecule has 4 heteroatoms. The highest BCUT2D eigenvalue weighted by Gasteiger charge is 2.05. The fourth-order valence-electron chi connectivity index (χ4n) is 2.03. The first-order valence-corrected chi connectivity index (χ1v) is 8.14. The van der Waals surface area contributed by atoms with Crippen LogP contribution in [-0.4, -0.2) is 30.9 Å². The van der Waals surface area contributed by atoms with Crippen molar-refractivity contribution in [3.63, 3.8) is 0 Å². The third-order valence-corrected chi connectivity index (χ3v) is 3.76. The zero-order chi connectivity index (χ0) is 15.7. The molecule has 0 saturated carbocycles. The molecule has 120 valence electrons. The molecule has 0 spiro atoms. The first kappa shape index (κ1) is 18.3. The zero-order valence-electron chi connectivity index (χ0n) is 13.4. The smallest absolute Gasteiger partial charge is 0.119 e. The van der Waals surface area contributed by atoms with Gasteiger partial charge in [0.05, 0.1) is 0 Å². The molecule has 0 bridgehead atoms. The van der Waals surface area contributed by atoms with E-state index in [1.165, 1.54) is 12.8 Å². The molecule has 1 aromatic rings. The normalized spacial score (nSPS) is 12.7. The minimum atomic E-state index is -0.494. The van der Waals surface area contributed by atoms with Crippen LogP contribution in [0.4, 0.5) is 0 Å². The zero-order valence-corrected chi connectivity index (χ0v) is 14.1. The summed E-state index contributed by atoms with van der Waals surface area (Å²) in [5.74, 6) is 1.51. The number of benzene rings is 1. The Labute approximate surface area is 133 Å². The lowest BCUT2D eigenvalue weighted by Crippen LogP contribution is -2.32. The Morgan fingerprint density at radius 2 is 2.05 bits per heavy atom. The lowest BCUT2D eigenvalue weighted by molar-refractivity contribution is 0.106. The molecule has 0 saturated heterocycles. The maximum Gasteiger partial charge on any atom is 0.119 e. The number of nitrogens with one attached hydrogen (secondary N) is 1. The molecule has 2 N–H and O–H groups in total. The van der Waals surface area contributed by atoms with Crippen molar-refractivity contribution >= 4 is 11.6 Å². The lowest BCUT2D eigenvalue weighted by atomic mass is 10.1. The van der Waals surface area contributed by atoms with E-state index in [1.807, 2.05) is 25.1 Å². The molecule has 1 atom stereocenters. The van der Waals surface area contributed by atoms with Crippen LogP contribution in [0, 0.1) is 12.8 Å². The van der Waals surface area contributed by atoms with Crippen LogP contribution in [0.5, 0.6) is 5.75 Å². The van der Waals surface area contributed by atoms with Crippen LogP contribution >= 0.6 is 11.6 Å². The summed E-state index contributed by atoms with van der Waals surface area (Å²) in [6.07, 6.45) is 3.17. The van der Waals surface area contributed by atoms with Crippen LogP contribution in [0.25, 0.3) is 0 Å². The number of hydrogen-bond acceptors (Lipinski definition) is 3. The number of ether oxygens (including phenoxy) is 1. The van der Waals surface area contributed by atoms with Gasteiger partial charge in [0.1, 0.15) is 18.5 Å². The molecule has 21 heavy (non-hydrogen) atoms. The summed E-state index contributed by atoms with van der Waals surface area (Å²) in [6, 6.07) is 5.52. The van der Waals surface area contributed by atoms with Gasteiger partial charge in [0.25, 0.3) is 0 Å². The van der Waals surface area contributed by atoms with Gasteiger partial charge in [-0.1, -0.05) is 38.3 Å². The van der Waals surface area contributed by atoms with Crippen molar-refractivity contribution in [1.29, 1.82) is 0 Å². The minimum absolute atomic E-state index is 0.292. The summed E-state index contributed by atoms with van der Waals surface area (Å²) in [5, 5.41) is 13.9. The van der Waals surface area contributed by atoms with Crippen LogP contribution in [0.3, 0.4) is 0 Å². The summed E-state index contributed by atoms with van der Waals surface area (Å²) in [5.41, 5.74) is 0.979. The summed E-state index contributed by atoms with van der Waals surface area (Å²) in [6.45, 7) is 8.22. The fourth-order valence-corrected chi connectivity index (χ4v) is 2.15. The number of halogens is 1. The van der Waals surface area contributed by atoms with Crippen molar-refractivity contribution in [2.75, 3.05) is 19.7 Å². The molecular formula is C17H28ClNO2. The molecule has 0 fully saturated rings. The molecule has 1 rings (SSSR count). The number of hydrogen-bond donors (Lipinski definition) is 2. The van der Waals surface area contributed by atoms with Crippen molar-refractivity contribution in [2.24, 2.45) is 5.92 Å². The molecule has 0 aliphatic rings. The van der Waals surface area contributed by atoms with Crippen LogP contribution in [-0.2, 0) is 0 Å². The maximum atomic E-state index is 9.87. The van der Waals surface area contributed by atoms with Crippen molar-refractivity contribution < 1.29 is 9.84 Å². The highest BCUT2D eigenvalue weighted by Crippen LogP contribution is 2.21. The number of aliphatic hydroxyl groups excluding tert-OH is 1. The molecule has 3 nitrogen and oxygen atoms in total. The predicted molar refractivity (Wildman–Crippen MR) is 89.2 cm³/mol. The second-order valence-electron chi connectivity index (χ2n) is 5.97. The maximum absolute atomic E-state index is 9.87. The first-order chi connectivity index (χ1) is 9.99. The summed E-state index contributed by atoms with van der Waals surface area (Å²) < 4.78 is 5.56. The summed E-state index contributed by atoms with van der Waals surface area (Å²) >= 11 is 5.96. The quantitative estimate of drug-likeness (QED) is 0.646. The van der Waals surface area contributed by atoms with Gasteiger partial charge >= 0.3 is 0 Å². The van der Waals surface area contributed by atoms with Gasteiger partial charge in [-0.05, 0) is 49.6 Å². The molecule has 1 unspecified atom stereocenters. The SMILES string of the molecule is Cc1cc(OCC(O)CNCCCCC(C)C)ccc1Cl. The van der Waals surface area contributed by atoms with E-state index in [0.717, 1.165) is 35.2 Å². The molecule has 0 aromatic heterocycles. The van der Waals surface area contributed by atoms with E-state index in [-0.39, 0.29) is 0 Å². The van der Waals surface area contributed by atoms with Gasteiger partial charge in [-0.15, -0.1) is 0 Å². The fraction of sp³-hybridized carbons (Fsp3) is 0.647. The van der Waals surface area contributed by atoms with Crippen LogP contribution in [0.2, 0.25) is 5.02 Å². The van der Waals surface area contributed by atoms with E-state index in [0.29, 0.717) is 13.2 Å². The molecule has 1 aromatic carbocycles. The third-order valence-electron chi connectivity index (χ3n) is 3.34. The molecular weight excluding hydrogens is 286 g/mol. The van der Waals surface area contributed by atoms with E-state index in [2.05, 4.69) is 19.2 Å². The third kappa shape index (κ3) is 8.30. The Balaban J connectivity index is 2.10. The molecule has 0 aliphatic carbocycles. The largest absolute Gasteiger partial charge is 0.491 e. The monoisotopic (exact) mass is 313 g/mol. The Bertz CT molecular complexity index is 410. The van der Waals surface area contributed by atoms with Crippen LogP contribution in [0.15, 0.2) is 18.2 Å². The molecule has 0 heterocycles. The number of aliphatic hydroxyl groups is 1. The summed E-state index contributed by atoms with van der Waals surface area (Å²) in [7, 11) is 0. The molecule has 0 aliphatic heterocycles. The van der Waals surface area contributed by atoms with Gasteiger partial charge in [0.2, 0.25) is 0 Å². The van der Waals surface area contributed by atoms with Gasteiger partial charge in [0, 0.05) is 11.6 Å². The topological polar surface area (TPSA) is 41.5 Å². The van der Waals surface area contributed by atoms with Crippen molar-refractivity contribution in [1.82, 2.24) is 5.32 Å². The minimum Gasteiger partial charge on any atom is -0.491 e. The highest BCUT2D eigenvalue weighted by molar-refractivity contribution is 6.31. The Morgan fingerprint density at radius 1 is 1.29 bits per heavy atom. The van der Waals surface area contributed by atoms with E-state index < -0.39 is 6.10 Å². The second kappa shape index (κ2) is 10.0. The van der Waals surface area contributed by atoms with Gasteiger partial charge in [-0.2, -0.15) is 0 Å². The number of rotatable bonds is 10. The molecule has 0 amide bonds. The number of aryl methyl sites for hydroxylation is 1. The van der Waals surface area contributed by atoms with E-state index >= 15 is 0 Å². The highest BCUT2D eigenvalue weighted by atomic mass is 35.5. The first-order valence-electron chi connectivity index (χ1n) is 7.76. The van der Waals surface area contributed by atoms with E-state index in [9.17, 15) is 5.11 Å². The second-order valence-corrected chi connectivity index (χ2v) is 6.38. The van der Waals surface area contributed by atoms with Gasteiger partial charge in [-0.25, -0.2) is 0 Å². The number of unbranched alkanes of at least 4 members (excludes halogenated alkanes) is 1. The van der Waals surface area contributed by atoms with Crippen molar-refractivity contribution in [3.05, 3.63) is 28.8 Å². The lowest BCUT2D eigenvalue weighted by Gasteiger charge is -2.14. The average Bonchev–Trinajstić information content (AvgIpc) is 2.43. The van der Waals surface area contributed by atoms with Gasteiger partial charge < -0.3 is 15.2 Å². The van der Waals surface area contributed by atoms with Crippen LogP contribution in [0.1, 0.15) is 38.7 Å². The van der Waals surface area contributed by atoms with Crippen LogP contribution < -0.4 is 10.1 Å². The average molecular weight is 314 g/mol. The standard InChI is InChI=1S/C17H28ClNO2/c1-13(2)6-4-5-9-19-11-15(20)12-21-16-7-8-17(18)14(3)10-16/h7-8,10,13,15,19-20H,4-6,9,11-12H2,1-3H3. The van der Waals surface area contributed by atoms with Crippen molar-refractivity contribution in [2.45, 2.75) is 46.1 Å². The Hall–Kier alpha value is -0.770. The van der Waals surface area contributed by atoms with E-state index in [1.54, 1.807) is 0 Å². The van der Waals surface area contributed by atoms with Gasteiger partial charge in [-0.3, -0.25) is 0 Å². The van der Waals surface area contributed by atoms with Crippen molar-refractivity contribution in [3.8, 4) is 5.75 Å². The Morgan fingerprint density at radius 3 is 2.71 bits per heavy atom. The van der Waals surface area contributed by atoms with Gasteiger partial charge in [0.15, 0.2) is 0 Å². The summed E-state index contributed by atoms with van der Waals surface area (Å²) in [4.78, 5) is 0. The Kier molecular flexibility index (Phi) is 8.74. The van der Waals surface area contributed by atoms with E-state index in [4.69, 9.17) is 16.3 Å². The predicted octanol–water partition coefficient (Wildman–Crippen LogP) is 3.80.